The van der Waals surface area contributed by atoms with Crippen molar-refractivity contribution < 1.29 is 17.2 Å². The van der Waals surface area contributed by atoms with E-state index in [2.05, 4.69) is 14.4 Å². The number of benzene rings is 1. The first-order valence-corrected chi connectivity index (χ1v) is 9.98. The second kappa shape index (κ2) is 6.85. The summed E-state index contributed by atoms with van der Waals surface area (Å²) in [7, 11) is -2.66. The molecule has 0 radical (unpaired) electrons. The molecule has 136 valence electrons. The second-order valence-electron chi connectivity index (χ2n) is 5.89. The average Bonchev–Trinajstić information content (AvgIpc) is 3.22. The number of likely N-dealkylation sites (N-methyl/N-ethyl adjacent to an activating group) is 1. The van der Waals surface area contributed by atoms with Gasteiger partial charge in [-0.15, -0.1) is 0 Å². The van der Waals surface area contributed by atoms with Gasteiger partial charge in [0.25, 0.3) is 10.0 Å². The van der Waals surface area contributed by atoms with E-state index in [1.54, 1.807) is 17.3 Å². The molecular weight excluding hydrogens is 370 g/mol. The van der Waals surface area contributed by atoms with Crippen molar-refractivity contribution in [1.29, 1.82) is 0 Å². The molecule has 3 rings (SSSR count). The van der Waals surface area contributed by atoms with Gasteiger partial charge in [-0.3, -0.25) is 4.72 Å². The fraction of sp³-hybridized carbons (Fsp3) is 0.400. The minimum Gasteiger partial charge on any atom is -0.370 e. The van der Waals surface area contributed by atoms with Crippen LogP contribution in [0.3, 0.4) is 0 Å². The van der Waals surface area contributed by atoms with Crippen molar-refractivity contribution in [3.8, 4) is 0 Å². The third-order valence-corrected chi connectivity index (χ3v) is 6.25. The summed E-state index contributed by atoms with van der Waals surface area (Å²) in [5, 5.41) is 4.75. The van der Waals surface area contributed by atoms with Crippen molar-refractivity contribution in [2.45, 2.75) is 24.3 Å². The highest BCUT2D eigenvalue weighted by molar-refractivity contribution is 7.92. The van der Waals surface area contributed by atoms with Crippen LogP contribution in [0.2, 0.25) is 0 Å². The first-order chi connectivity index (χ1) is 11.8. The lowest BCUT2D eigenvalue weighted by atomic mass is 10.1. The van der Waals surface area contributed by atoms with Crippen molar-refractivity contribution in [1.82, 2.24) is 9.69 Å². The molecule has 1 aliphatic heterocycles. The summed E-state index contributed by atoms with van der Waals surface area (Å²) in [5.74, 6) is -2.19. The summed E-state index contributed by atoms with van der Waals surface area (Å²) in [6, 6.07) is 2.60. The number of hydrogen-bond acceptors (Lipinski definition) is 6. The summed E-state index contributed by atoms with van der Waals surface area (Å²) >= 11 is 1.03. The minimum absolute atomic E-state index is 0.0275. The highest BCUT2D eigenvalue weighted by atomic mass is 32.2. The second-order valence-corrected chi connectivity index (χ2v) is 8.18. The summed E-state index contributed by atoms with van der Waals surface area (Å²) in [4.78, 5) is 0.797. The molecule has 1 aromatic carbocycles. The monoisotopic (exact) mass is 388 g/mol. The maximum absolute atomic E-state index is 14.8. The number of sulfonamides is 1. The van der Waals surface area contributed by atoms with Crippen LogP contribution < -0.4 is 14.9 Å². The van der Waals surface area contributed by atoms with E-state index in [1.807, 2.05) is 0 Å². The zero-order valence-electron chi connectivity index (χ0n) is 13.7. The molecule has 0 amide bonds. The van der Waals surface area contributed by atoms with Crippen LogP contribution in [0, 0.1) is 18.6 Å². The lowest BCUT2D eigenvalue weighted by Crippen LogP contribution is -2.34. The van der Waals surface area contributed by atoms with Crippen LogP contribution in [-0.2, 0) is 10.0 Å². The summed E-state index contributed by atoms with van der Waals surface area (Å²) in [6.07, 6.45) is 0.852. The van der Waals surface area contributed by atoms with Gasteiger partial charge in [0.1, 0.15) is 5.82 Å². The van der Waals surface area contributed by atoms with E-state index < -0.39 is 26.6 Å². The largest absolute Gasteiger partial charge is 0.370 e. The molecule has 1 unspecified atom stereocenters. The van der Waals surface area contributed by atoms with E-state index in [1.165, 1.54) is 13.0 Å². The number of nitrogens with one attached hydrogen (secondary N) is 2. The van der Waals surface area contributed by atoms with Crippen molar-refractivity contribution in [2.75, 3.05) is 29.8 Å². The average molecular weight is 388 g/mol. The molecule has 1 saturated heterocycles. The zero-order valence-corrected chi connectivity index (χ0v) is 15.3. The highest BCUT2D eigenvalue weighted by Gasteiger charge is 2.30. The van der Waals surface area contributed by atoms with E-state index in [0.717, 1.165) is 30.6 Å². The molecule has 0 spiro atoms. The van der Waals surface area contributed by atoms with Crippen LogP contribution in [0.25, 0.3) is 0 Å². The van der Waals surface area contributed by atoms with Crippen LogP contribution >= 0.6 is 11.5 Å². The smallest absolute Gasteiger partial charge is 0.268 e. The van der Waals surface area contributed by atoms with Crippen LogP contribution in [0.1, 0.15) is 12.0 Å². The quantitative estimate of drug-likeness (QED) is 0.822. The van der Waals surface area contributed by atoms with Crippen LogP contribution in [-0.4, -0.2) is 39.0 Å². The Balaban J connectivity index is 2.00. The van der Waals surface area contributed by atoms with Crippen LogP contribution in [0.5, 0.6) is 0 Å². The van der Waals surface area contributed by atoms with Gasteiger partial charge in [0.05, 0.1) is 0 Å². The first-order valence-electron chi connectivity index (χ1n) is 7.66. The molecule has 2 N–H and O–H groups in total. The molecule has 6 nitrogen and oxygen atoms in total. The fourth-order valence-electron chi connectivity index (χ4n) is 2.91. The maximum Gasteiger partial charge on any atom is 0.268 e. The summed E-state index contributed by atoms with van der Waals surface area (Å²) in [5.41, 5.74) is 0.436. The highest BCUT2D eigenvalue weighted by Crippen LogP contribution is 2.32. The number of hydrogen-bond donors (Lipinski definition) is 2. The number of anilines is 2. The van der Waals surface area contributed by atoms with Crippen LogP contribution in [0.4, 0.5) is 20.3 Å². The summed E-state index contributed by atoms with van der Waals surface area (Å²) < 4.78 is 60.0. The minimum atomic E-state index is -4.42. The van der Waals surface area contributed by atoms with E-state index in [9.17, 15) is 17.2 Å². The molecule has 2 aromatic rings. The predicted molar refractivity (Wildman–Crippen MR) is 93.7 cm³/mol. The van der Waals surface area contributed by atoms with E-state index in [0.29, 0.717) is 12.2 Å². The standard InChI is InChI=1S/C15H18F2N4O2S2/c1-9-12(21(2)10-3-5-18-8-10)7-11(16)15(14(9)17)25(22,23)20-13-4-6-24-19-13/h4,6-7,10,18H,3,5,8H2,1-2H3,(H,19,20). The molecule has 0 aliphatic carbocycles. The molecular formula is C15H18F2N4O2S2. The number of nitrogens with zero attached hydrogens (tertiary/aromatic N) is 2. The molecule has 1 aromatic heterocycles. The topological polar surface area (TPSA) is 74.3 Å². The molecule has 2 heterocycles. The Kier molecular flexibility index (Phi) is 4.94. The number of aromatic nitrogens is 1. The Morgan fingerprint density at radius 2 is 2.20 bits per heavy atom. The van der Waals surface area contributed by atoms with E-state index >= 15 is 0 Å². The van der Waals surface area contributed by atoms with Crippen molar-refractivity contribution in [3.63, 3.8) is 0 Å². The molecule has 1 fully saturated rings. The molecule has 0 saturated carbocycles. The molecule has 0 bridgehead atoms. The van der Waals surface area contributed by atoms with Gasteiger partial charge in [-0.05, 0) is 43.6 Å². The lowest BCUT2D eigenvalue weighted by Gasteiger charge is -2.28. The van der Waals surface area contributed by atoms with Crippen LogP contribution in [0.15, 0.2) is 22.4 Å². The third-order valence-electron chi connectivity index (χ3n) is 4.30. The summed E-state index contributed by atoms with van der Waals surface area (Å²) in [6.45, 7) is 3.00. The Hall–Kier alpha value is -1.78. The molecule has 1 aliphatic rings. The number of rotatable bonds is 5. The van der Waals surface area contributed by atoms with Gasteiger partial charge in [-0.1, -0.05) is 0 Å². The fourth-order valence-corrected chi connectivity index (χ4v) is 4.64. The maximum atomic E-state index is 14.8. The SMILES string of the molecule is Cc1c(N(C)C2CCNC2)cc(F)c(S(=O)(=O)Nc2ccsn2)c1F. The van der Waals surface area contributed by atoms with Gasteiger partial charge in [0.2, 0.25) is 0 Å². The molecule has 1 atom stereocenters. The van der Waals surface area contributed by atoms with Gasteiger partial charge >= 0.3 is 0 Å². The van der Waals surface area contributed by atoms with Crippen molar-refractivity contribution >= 4 is 33.1 Å². The Bertz CT molecular complexity index is 866. The van der Waals surface area contributed by atoms with Crippen molar-refractivity contribution in [2.24, 2.45) is 0 Å². The Morgan fingerprint density at radius 3 is 2.80 bits per heavy atom. The third kappa shape index (κ3) is 3.46. The normalized spacial score (nSPS) is 17.7. The van der Waals surface area contributed by atoms with E-state index in [-0.39, 0.29) is 17.4 Å². The van der Waals surface area contributed by atoms with Gasteiger partial charge in [0.15, 0.2) is 16.5 Å². The molecule has 25 heavy (non-hydrogen) atoms. The van der Waals surface area contributed by atoms with Gasteiger partial charge in [0, 0.05) is 36.3 Å². The van der Waals surface area contributed by atoms with Gasteiger partial charge < -0.3 is 10.2 Å². The zero-order chi connectivity index (χ0) is 18.2. The van der Waals surface area contributed by atoms with Gasteiger partial charge in [-0.2, -0.15) is 4.37 Å². The van der Waals surface area contributed by atoms with Gasteiger partial charge in [-0.25, -0.2) is 17.2 Å². The van der Waals surface area contributed by atoms with Crippen molar-refractivity contribution in [3.05, 3.63) is 34.7 Å². The lowest BCUT2D eigenvalue weighted by molar-refractivity contribution is 0.514. The first kappa shape index (κ1) is 18.0. The molecule has 10 heteroatoms. The Labute approximate surface area is 149 Å². The van der Waals surface area contributed by atoms with E-state index in [4.69, 9.17) is 0 Å². The predicted octanol–water partition coefficient (Wildman–Crippen LogP) is 2.33. The Morgan fingerprint density at radius 1 is 1.44 bits per heavy atom. The number of halogens is 2.